The van der Waals surface area contributed by atoms with Crippen molar-refractivity contribution in [2.45, 2.75) is 33.2 Å². The van der Waals surface area contributed by atoms with Crippen LogP contribution in [0.1, 0.15) is 38.8 Å². The van der Waals surface area contributed by atoms with Crippen LogP contribution in [0, 0.1) is 0 Å². The van der Waals surface area contributed by atoms with E-state index in [0.717, 1.165) is 17.4 Å². The van der Waals surface area contributed by atoms with Crippen LogP contribution in [0.2, 0.25) is 0 Å². The molecular formula is C19H28BrN3O2. The summed E-state index contributed by atoms with van der Waals surface area (Å²) in [5.41, 5.74) is 1.20. The van der Waals surface area contributed by atoms with Gasteiger partial charge in [0, 0.05) is 43.6 Å². The molecule has 138 valence electrons. The predicted molar refractivity (Wildman–Crippen MR) is 103 cm³/mol. The van der Waals surface area contributed by atoms with E-state index in [-0.39, 0.29) is 17.9 Å². The highest BCUT2D eigenvalue weighted by Gasteiger charge is 2.26. The van der Waals surface area contributed by atoms with Crippen LogP contribution >= 0.6 is 15.9 Å². The molecule has 1 aliphatic rings. The second-order valence-corrected chi connectivity index (χ2v) is 7.41. The highest BCUT2D eigenvalue weighted by atomic mass is 79.9. The van der Waals surface area contributed by atoms with E-state index in [2.05, 4.69) is 40.7 Å². The second-order valence-electron chi connectivity index (χ2n) is 6.55. The molecule has 0 aliphatic carbocycles. The fourth-order valence-corrected chi connectivity index (χ4v) is 3.87. The van der Waals surface area contributed by atoms with E-state index in [1.807, 2.05) is 23.1 Å². The summed E-state index contributed by atoms with van der Waals surface area (Å²) in [7, 11) is 0. The van der Waals surface area contributed by atoms with Gasteiger partial charge >= 0.3 is 0 Å². The van der Waals surface area contributed by atoms with Crippen molar-refractivity contribution in [3.05, 3.63) is 34.3 Å². The number of carbonyl (C=O) groups excluding carboxylic acids is 2. The molecule has 1 unspecified atom stereocenters. The van der Waals surface area contributed by atoms with Crippen LogP contribution in [-0.2, 0) is 9.59 Å². The smallest absolute Gasteiger partial charge is 0.236 e. The Kier molecular flexibility index (Phi) is 7.44. The lowest BCUT2D eigenvalue weighted by Gasteiger charge is -2.36. The summed E-state index contributed by atoms with van der Waals surface area (Å²) in [5, 5.41) is 0. The summed E-state index contributed by atoms with van der Waals surface area (Å²) in [4.78, 5) is 30.1. The Balaban J connectivity index is 2.00. The average Bonchev–Trinajstić information content (AvgIpc) is 2.61. The van der Waals surface area contributed by atoms with Crippen LogP contribution < -0.4 is 0 Å². The van der Waals surface area contributed by atoms with E-state index in [1.165, 1.54) is 5.56 Å². The first-order valence-electron chi connectivity index (χ1n) is 8.95. The van der Waals surface area contributed by atoms with E-state index < -0.39 is 0 Å². The summed E-state index contributed by atoms with van der Waals surface area (Å²) in [6.45, 7) is 9.68. The second kappa shape index (κ2) is 9.34. The van der Waals surface area contributed by atoms with Gasteiger partial charge in [0.15, 0.2) is 0 Å². The molecule has 0 aromatic heterocycles. The van der Waals surface area contributed by atoms with E-state index in [1.54, 1.807) is 11.8 Å². The molecule has 0 saturated carbocycles. The first-order chi connectivity index (χ1) is 11.9. The van der Waals surface area contributed by atoms with Gasteiger partial charge < -0.3 is 9.80 Å². The Morgan fingerprint density at radius 2 is 1.76 bits per heavy atom. The van der Waals surface area contributed by atoms with Crippen molar-refractivity contribution in [2.75, 3.05) is 39.3 Å². The number of rotatable bonds is 6. The number of hydrogen-bond acceptors (Lipinski definition) is 3. The highest BCUT2D eigenvalue weighted by Crippen LogP contribution is 2.27. The fourth-order valence-electron chi connectivity index (χ4n) is 3.25. The molecule has 0 N–H and O–H groups in total. The number of piperazine rings is 1. The number of halogens is 1. The van der Waals surface area contributed by atoms with Crippen LogP contribution in [0.25, 0.3) is 0 Å². The van der Waals surface area contributed by atoms with Gasteiger partial charge in [-0.25, -0.2) is 0 Å². The molecule has 1 saturated heterocycles. The Morgan fingerprint density at radius 1 is 1.16 bits per heavy atom. The van der Waals surface area contributed by atoms with Gasteiger partial charge in [-0.2, -0.15) is 0 Å². The van der Waals surface area contributed by atoms with Gasteiger partial charge in [0.1, 0.15) is 0 Å². The van der Waals surface area contributed by atoms with Gasteiger partial charge in [-0.3, -0.25) is 14.5 Å². The normalized spacial score (nSPS) is 16.2. The number of benzene rings is 1. The molecule has 1 fully saturated rings. The maximum Gasteiger partial charge on any atom is 0.236 e. The summed E-state index contributed by atoms with van der Waals surface area (Å²) >= 11 is 3.62. The average molecular weight is 410 g/mol. The maximum absolute atomic E-state index is 12.7. The largest absolute Gasteiger partial charge is 0.339 e. The van der Waals surface area contributed by atoms with Crippen LogP contribution in [0.3, 0.4) is 0 Å². The highest BCUT2D eigenvalue weighted by molar-refractivity contribution is 9.10. The minimum Gasteiger partial charge on any atom is -0.339 e. The SMILES string of the molecule is CCCN(CC(=O)N1CCN(C(C)=O)CC1)C(C)c1ccccc1Br. The fraction of sp³-hybridized carbons (Fsp3) is 0.579. The van der Waals surface area contributed by atoms with Crippen molar-refractivity contribution in [3.63, 3.8) is 0 Å². The molecular weight excluding hydrogens is 382 g/mol. The Labute approximate surface area is 159 Å². The molecule has 1 aromatic rings. The topological polar surface area (TPSA) is 43.9 Å². The zero-order valence-electron chi connectivity index (χ0n) is 15.4. The van der Waals surface area contributed by atoms with E-state index in [4.69, 9.17) is 0 Å². The minimum absolute atomic E-state index is 0.0854. The number of carbonyl (C=O) groups is 2. The van der Waals surface area contributed by atoms with Crippen molar-refractivity contribution in [1.82, 2.24) is 14.7 Å². The molecule has 2 rings (SSSR count). The third-order valence-electron chi connectivity index (χ3n) is 4.83. The van der Waals surface area contributed by atoms with Crippen molar-refractivity contribution in [1.29, 1.82) is 0 Å². The van der Waals surface area contributed by atoms with Gasteiger partial charge in [0.05, 0.1) is 6.54 Å². The first kappa shape index (κ1) is 19.9. The Bertz CT molecular complexity index is 600. The van der Waals surface area contributed by atoms with E-state index >= 15 is 0 Å². The van der Waals surface area contributed by atoms with Crippen LogP contribution in [0.15, 0.2) is 28.7 Å². The number of hydrogen-bond donors (Lipinski definition) is 0. The number of amides is 2. The third kappa shape index (κ3) is 5.28. The number of nitrogens with zero attached hydrogens (tertiary/aromatic N) is 3. The minimum atomic E-state index is 0.0854. The van der Waals surface area contributed by atoms with E-state index in [0.29, 0.717) is 32.7 Å². The Hall–Kier alpha value is -1.40. The predicted octanol–water partition coefficient (Wildman–Crippen LogP) is 2.91. The Morgan fingerprint density at radius 3 is 2.32 bits per heavy atom. The standard InChI is InChI=1S/C19H28BrN3O2/c1-4-9-23(15(2)17-7-5-6-8-18(17)20)14-19(25)22-12-10-21(11-13-22)16(3)24/h5-8,15H,4,9-14H2,1-3H3. The molecule has 1 aromatic carbocycles. The molecule has 1 heterocycles. The molecule has 2 amide bonds. The summed E-state index contributed by atoms with van der Waals surface area (Å²) in [6.07, 6.45) is 1.00. The van der Waals surface area contributed by atoms with Gasteiger partial charge in [0.25, 0.3) is 0 Å². The van der Waals surface area contributed by atoms with Crippen LogP contribution in [0.5, 0.6) is 0 Å². The van der Waals surface area contributed by atoms with Crippen molar-refractivity contribution in [2.24, 2.45) is 0 Å². The molecule has 0 spiro atoms. The zero-order chi connectivity index (χ0) is 18.4. The summed E-state index contributed by atoms with van der Waals surface area (Å²) < 4.78 is 1.08. The van der Waals surface area contributed by atoms with Crippen LogP contribution in [0.4, 0.5) is 0 Å². The maximum atomic E-state index is 12.7. The molecule has 6 heteroatoms. The third-order valence-corrected chi connectivity index (χ3v) is 5.55. The molecule has 25 heavy (non-hydrogen) atoms. The van der Waals surface area contributed by atoms with Crippen LogP contribution in [-0.4, -0.2) is 65.8 Å². The lowest BCUT2D eigenvalue weighted by atomic mass is 10.1. The molecule has 0 bridgehead atoms. The van der Waals surface area contributed by atoms with Crippen molar-refractivity contribution < 1.29 is 9.59 Å². The first-order valence-corrected chi connectivity index (χ1v) is 9.75. The van der Waals surface area contributed by atoms with Gasteiger partial charge in [-0.1, -0.05) is 41.1 Å². The van der Waals surface area contributed by atoms with Gasteiger partial charge in [-0.05, 0) is 31.5 Å². The molecule has 5 nitrogen and oxygen atoms in total. The lowest BCUT2D eigenvalue weighted by molar-refractivity contribution is -0.139. The monoisotopic (exact) mass is 409 g/mol. The molecule has 1 atom stereocenters. The summed E-state index contributed by atoms with van der Waals surface area (Å²) in [5.74, 6) is 0.234. The molecule has 0 radical (unpaired) electrons. The quantitative estimate of drug-likeness (QED) is 0.725. The van der Waals surface area contributed by atoms with Gasteiger partial charge in [-0.15, -0.1) is 0 Å². The summed E-state index contributed by atoms with van der Waals surface area (Å²) in [6, 6.07) is 8.35. The van der Waals surface area contributed by atoms with Crippen molar-refractivity contribution in [3.8, 4) is 0 Å². The molecule has 1 aliphatic heterocycles. The zero-order valence-corrected chi connectivity index (χ0v) is 17.0. The van der Waals surface area contributed by atoms with Crippen molar-refractivity contribution >= 4 is 27.7 Å². The van der Waals surface area contributed by atoms with Gasteiger partial charge in [0.2, 0.25) is 11.8 Å². The van der Waals surface area contributed by atoms with E-state index in [9.17, 15) is 9.59 Å². The lowest BCUT2D eigenvalue weighted by Crippen LogP contribution is -2.52.